The highest BCUT2D eigenvalue weighted by Gasteiger charge is 2.20. The fourth-order valence-electron chi connectivity index (χ4n) is 1.84. The van der Waals surface area contributed by atoms with Gasteiger partial charge in [-0.25, -0.2) is 9.89 Å². The molecule has 0 bridgehead atoms. The van der Waals surface area contributed by atoms with Gasteiger partial charge in [-0.3, -0.25) is 0 Å². The Kier molecular flexibility index (Phi) is 5.09. The van der Waals surface area contributed by atoms with Crippen LogP contribution in [0.2, 0.25) is 10.0 Å². The molecule has 112 valence electrons. The minimum atomic E-state index is -0.482. The van der Waals surface area contributed by atoms with Crippen LogP contribution in [0.1, 0.15) is 29.9 Å². The second kappa shape index (κ2) is 6.83. The Hall–Kier alpha value is -1.72. The van der Waals surface area contributed by atoms with Crippen molar-refractivity contribution in [1.82, 2.24) is 10.2 Å². The Bertz CT molecular complexity index is 635. The van der Waals surface area contributed by atoms with Crippen LogP contribution in [-0.2, 0) is 11.2 Å². The molecular formula is C14H14Cl2N2O3. The Morgan fingerprint density at radius 1 is 1.24 bits per heavy atom. The Morgan fingerprint density at radius 3 is 2.48 bits per heavy atom. The van der Waals surface area contributed by atoms with E-state index in [2.05, 4.69) is 10.2 Å². The van der Waals surface area contributed by atoms with E-state index in [0.717, 1.165) is 0 Å². The summed E-state index contributed by atoms with van der Waals surface area (Å²) in [5.74, 6) is 0.352. The van der Waals surface area contributed by atoms with Crippen LogP contribution in [0, 0.1) is 0 Å². The highest BCUT2D eigenvalue weighted by Crippen LogP contribution is 2.30. The topological polar surface area (TPSA) is 64.2 Å². The maximum atomic E-state index is 11.8. The number of aromatic nitrogens is 2. The van der Waals surface area contributed by atoms with E-state index in [1.165, 1.54) is 0 Å². The quantitative estimate of drug-likeness (QED) is 0.833. The number of esters is 1. The number of H-pyrrole nitrogens is 1. The molecule has 0 amide bonds. The van der Waals surface area contributed by atoms with E-state index in [1.807, 2.05) is 6.92 Å². The number of nitrogens with one attached hydrogen (secondary N) is 1. The average Bonchev–Trinajstić information content (AvgIpc) is 2.80. The van der Waals surface area contributed by atoms with E-state index >= 15 is 0 Å². The first-order chi connectivity index (χ1) is 10.0. The third kappa shape index (κ3) is 3.68. The molecule has 0 saturated carbocycles. The first-order valence-electron chi connectivity index (χ1n) is 6.43. The van der Waals surface area contributed by atoms with Gasteiger partial charge in [0, 0.05) is 15.6 Å². The van der Waals surface area contributed by atoms with Crippen LogP contribution >= 0.6 is 23.2 Å². The van der Waals surface area contributed by atoms with Crippen LogP contribution in [0.15, 0.2) is 18.2 Å². The Balaban J connectivity index is 2.30. The maximum absolute atomic E-state index is 11.8. The van der Waals surface area contributed by atoms with Crippen molar-refractivity contribution >= 4 is 29.2 Å². The number of hydrogen-bond acceptors (Lipinski definition) is 4. The normalized spacial score (nSPS) is 10.5. The number of rotatable bonds is 5. The molecule has 0 aliphatic heterocycles. The fraction of sp³-hybridized carbons (Fsp3) is 0.286. The molecule has 2 aromatic rings. The zero-order valence-electron chi connectivity index (χ0n) is 11.6. The number of aromatic amines is 1. The first-order valence-corrected chi connectivity index (χ1v) is 7.19. The van der Waals surface area contributed by atoms with Crippen LogP contribution in [0.3, 0.4) is 0 Å². The number of hydrogen-bond donors (Lipinski definition) is 1. The molecule has 0 atom stereocenters. The van der Waals surface area contributed by atoms with Crippen molar-refractivity contribution < 1.29 is 14.3 Å². The Morgan fingerprint density at radius 2 is 1.90 bits per heavy atom. The van der Waals surface area contributed by atoms with Gasteiger partial charge in [-0.15, -0.1) is 0 Å². The standard InChI is InChI=1S/C14H14Cl2N2O3/c1-3-11-12(14(19)20-4-2)17-18-13(11)21-10-6-8(15)5-9(16)7-10/h5-7H,3-4H2,1-2H3,(H,17,18). The monoisotopic (exact) mass is 328 g/mol. The molecule has 1 N–H and O–H groups in total. The minimum Gasteiger partial charge on any atom is -0.461 e. The molecule has 2 rings (SSSR count). The Labute approximate surface area is 132 Å². The van der Waals surface area contributed by atoms with E-state index in [4.69, 9.17) is 32.7 Å². The van der Waals surface area contributed by atoms with Crippen molar-refractivity contribution in [3.05, 3.63) is 39.5 Å². The van der Waals surface area contributed by atoms with Crippen LogP contribution in [0.5, 0.6) is 11.6 Å². The van der Waals surface area contributed by atoms with Crippen molar-refractivity contribution in [3.8, 4) is 11.6 Å². The number of carbonyl (C=O) groups is 1. The molecule has 1 aromatic heterocycles. The van der Waals surface area contributed by atoms with Gasteiger partial charge >= 0.3 is 5.97 Å². The second-order valence-corrected chi connectivity index (χ2v) is 5.03. The van der Waals surface area contributed by atoms with Gasteiger partial charge in [-0.1, -0.05) is 30.1 Å². The highest BCUT2D eigenvalue weighted by molar-refractivity contribution is 6.34. The van der Waals surface area contributed by atoms with E-state index in [1.54, 1.807) is 25.1 Å². The molecule has 0 spiro atoms. The van der Waals surface area contributed by atoms with Crippen LogP contribution < -0.4 is 4.74 Å². The zero-order chi connectivity index (χ0) is 15.4. The highest BCUT2D eigenvalue weighted by atomic mass is 35.5. The van der Waals surface area contributed by atoms with Gasteiger partial charge in [0.25, 0.3) is 0 Å². The van der Waals surface area contributed by atoms with Crippen LogP contribution in [0.4, 0.5) is 0 Å². The first kappa shape index (κ1) is 15.7. The van der Waals surface area contributed by atoms with Gasteiger partial charge < -0.3 is 9.47 Å². The van der Waals surface area contributed by atoms with Crippen molar-refractivity contribution in [3.63, 3.8) is 0 Å². The lowest BCUT2D eigenvalue weighted by atomic mass is 10.2. The predicted molar refractivity (Wildman–Crippen MR) is 80.5 cm³/mol. The summed E-state index contributed by atoms with van der Waals surface area (Å²) < 4.78 is 10.6. The maximum Gasteiger partial charge on any atom is 0.359 e. The molecule has 5 nitrogen and oxygen atoms in total. The van der Waals surface area contributed by atoms with Gasteiger partial charge in [0.2, 0.25) is 5.88 Å². The molecule has 1 heterocycles. The molecule has 0 aliphatic carbocycles. The van der Waals surface area contributed by atoms with E-state index in [9.17, 15) is 4.79 Å². The minimum absolute atomic E-state index is 0.225. The molecule has 0 aliphatic rings. The largest absolute Gasteiger partial charge is 0.461 e. The number of benzene rings is 1. The van der Waals surface area contributed by atoms with Gasteiger partial charge in [0.05, 0.1) is 6.61 Å². The van der Waals surface area contributed by atoms with Gasteiger partial charge in [-0.2, -0.15) is 5.10 Å². The molecule has 0 unspecified atom stereocenters. The van der Waals surface area contributed by atoms with Crippen molar-refractivity contribution in [2.45, 2.75) is 20.3 Å². The smallest absolute Gasteiger partial charge is 0.359 e. The van der Waals surface area contributed by atoms with Crippen LogP contribution in [0.25, 0.3) is 0 Å². The molecule has 0 fully saturated rings. The van der Waals surface area contributed by atoms with E-state index in [-0.39, 0.29) is 12.3 Å². The SMILES string of the molecule is CCOC(=O)c1n[nH]c(Oc2cc(Cl)cc(Cl)c2)c1CC. The summed E-state index contributed by atoms with van der Waals surface area (Å²) in [6.45, 7) is 3.92. The number of carbonyl (C=O) groups excluding carboxylic acids is 1. The summed E-state index contributed by atoms with van der Waals surface area (Å²) >= 11 is 11.8. The fourth-order valence-corrected chi connectivity index (χ4v) is 2.34. The molecule has 7 heteroatoms. The molecule has 0 radical (unpaired) electrons. The van der Waals surface area contributed by atoms with E-state index < -0.39 is 5.97 Å². The lowest BCUT2D eigenvalue weighted by molar-refractivity contribution is 0.0518. The predicted octanol–water partition coefficient (Wildman–Crippen LogP) is 4.25. The molecular weight excluding hydrogens is 315 g/mol. The number of nitrogens with zero attached hydrogens (tertiary/aromatic N) is 1. The van der Waals surface area contributed by atoms with Crippen molar-refractivity contribution in [1.29, 1.82) is 0 Å². The summed E-state index contributed by atoms with van der Waals surface area (Å²) in [5, 5.41) is 7.57. The van der Waals surface area contributed by atoms with Crippen molar-refractivity contribution in [2.75, 3.05) is 6.61 Å². The summed E-state index contributed by atoms with van der Waals surface area (Å²) in [6.07, 6.45) is 0.564. The van der Waals surface area contributed by atoms with Gasteiger partial charge in [0.15, 0.2) is 5.69 Å². The summed E-state index contributed by atoms with van der Waals surface area (Å²) in [7, 11) is 0. The summed E-state index contributed by atoms with van der Waals surface area (Å²) in [6, 6.07) is 4.85. The lowest BCUT2D eigenvalue weighted by Gasteiger charge is -2.06. The third-order valence-corrected chi connectivity index (χ3v) is 3.14. The van der Waals surface area contributed by atoms with Gasteiger partial charge in [-0.05, 0) is 31.5 Å². The number of ether oxygens (including phenoxy) is 2. The van der Waals surface area contributed by atoms with Crippen molar-refractivity contribution in [2.24, 2.45) is 0 Å². The van der Waals surface area contributed by atoms with E-state index in [0.29, 0.717) is 33.7 Å². The zero-order valence-corrected chi connectivity index (χ0v) is 13.1. The molecule has 21 heavy (non-hydrogen) atoms. The second-order valence-electron chi connectivity index (χ2n) is 4.16. The number of halogens is 2. The third-order valence-electron chi connectivity index (χ3n) is 2.71. The average molecular weight is 329 g/mol. The van der Waals surface area contributed by atoms with Crippen LogP contribution in [-0.4, -0.2) is 22.8 Å². The summed E-state index contributed by atoms with van der Waals surface area (Å²) in [5.41, 5.74) is 0.868. The lowest BCUT2D eigenvalue weighted by Crippen LogP contribution is -2.07. The van der Waals surface area contributed by atoms with Gasteiger partial charge in [0.1, 0.15) is 5.75 Å². The molecule has 0 saturated heterocycles. The molecule has 1 aromatic carbocycles. The summed E-state index contributed by atoms with van der Waals surface area (Å²) in [4.78, 5) is 11.8.